The Morgan fingerprint density at radius 3 is 2.62 bits per heavy atom. The summed E-state index contributed by atoms with van der Waals surface area (Å²) in [4.78, 5) is 19.4. The monoisotopic (exact) mass is 510 g/mol. The van der Waals surface area contributed by atoms with Gasteiger partial charge in [-0.25, -0.2) is 4.98 Å². The van der Waals surface area contributed by atoms with Gasteiger partial charge in [-0.15, -0.1) is 10.2 Å². The standard InChI is InChI=1S/C26H25F3N6O2/c1-34-15-30-33-23(34)11-25(13-37-14-25)16-9-21(31-17-5-2-3-6-17)32-22(10-16)35-12-19-18(24(35)36)7-4-8-20(19)26(27,28)29/h2-4,7-10,15,17H,5-6,11-14H2,1H3,(H,31,32). The molecule has 0 radical (unpaired) electrons. The van der Waals surface area contributed by atoms with E-state index in [-0.39, 0.29) is 23.7 Å². The minimum Gasteiger partial charge on any atom is -0.379 e. The van der Waals surface area contributed by atoms with Crippen molar-refractivity contribution < 1.29 is 22.7 Å². The molecule has 3 aromatic rings. The van der Waals surface area contributed by atoms with Crippen molar-refractivity contribution >= 4 is 17.5 Å². The Morgan fingerprint density at radius 2 is 1.97 bits per heavy atom. The van der Waals surface area contributed by atoms with Crippen molar-refractivity contribution in [2.45, 2.75) is 43.4 Å². The van der Waals surface area contributed by atoms with E-state index in [0.717, 1.165) is 30.3 Å². The van der Waals surface area contributed by atoms with Gasteiger partial charge in [-0.2, -0.15) is 13.2 Å². The number of rotatable bonds is 6. The number of pyridine rings is 1. The number of carbonyl (C=O) groups is 1. The molecule has 0 unspecified atom stereocenters. The van der Waals surface area contributed by atoms with E-state index in [1.807, 2.05) is 17.7 Å². The first kappa shape index (κ1) is 23.7. The number of halogens is 3. The third-order valence-electron chi connectivity index (χ3n) is 7.39. The normalized spacial score (nSPS) is 18.8. The number of aromatic nitrogens is 4. The van der Waals surface area contributed by atoms with Crippen LogP contribution in [-0.2, 0) is 36.3 Å². The van der Waals surface area contributed by atoms with Crippen LogP contribution in [0.15, 0.2) is 48.8 Å². The quantitative estimate of drug-likeness (QED) is 0.504. The van der Waals surface area contributed by atoms with Crippen LogP contribution in [0.25, 0.3) is 0 Å². The summed E-state index contributed by atoms with van der Waals surface area (Å²) in [7, 11) is 1.87. The molecule has 4 heterocycles. The van der Waals surface area contributed by atoms with Gasteiger partial charge in [0, 0.05) is 30.5 Å². The molecule has 1 amide bonds. The first-order valence-corrected chi connectivity index (χ1v) is 12.1. The first-order valence-electron chi connectivity index (χ1n) is 12.1. The molecule has 0 bridgehead atoms. The molecule has 0 spiro atoms. The molecule has 2 aliphatic heterocycles. The molecule has 1 aliphatic carbocycles. The maximum Gasteiger partial charge on any atom is 0.416 e. The molecule has 1 N–H and O–H groups in total. The second-order valence-corrected chi connectivity index (χ2v) is 9.91. The number of fused-ring (bicyclic) bond motifs is 1. The maximum absolute atomic E-state index is 13.7. The van der Waals surface area contributed by atoms with E-state index >= 15 is 0 Å². The van der Waals surface area contributed by atoms with Crippen LogP contribution in [0.4, 0.5) is 24.8 Å². The molecule has 3 aliphatic rings. The van der Waals surface area contributed by atoms with Crippen LogP contribution in [0.5, 0.6) is 0 Å². The summed E-state index contributed by atoms with van der Waals surface area (Å²) in [6.07, 6.45) is 3.52. The fourth-order valence-electron chi connectivity index (χ4n) is 5.25. The first-order chi connectivity index (χ1) is 17.7. The zero-order valence-corrected chi connectivity index (χ0v) is 20.1. The van der Waals surface area contributed by atoms with Crippen molar-refractivity contribution in [3.8, 4) is 0 Å². The van der Waals surface area contributed by atoms with Gasteiger partial charge in [0.25, 0.3) is 5.91 Å². The van der Waals surface area contributed by atoms with Crippen LogP contribution < -0.4 is 10.2 Å². The number of aryl methyl sites for hydroxylation is 1. The fraction of sp³-hybridized carbons (Fsp3) is 0.385. The topological polar surface area (TPSA) is 85.2 Å². The average molecular weight is 511 g/mol. The van der Waals surface area contributed by atoms with Crippen LogP contribution >= 0.6 is 0 Å². The highest BCUT2D eigenvalue weighted by molar-refractivity contribution is 6.10. The van der Waals surface area contributed by atoms with Crippen molar-refractivity contribution in [3.63, 3.8) is 0 Å². The van der Waals surface area contributed by atoms with E-state index in [9.17, 15) is 18.0 Å². The van der Waals surface area contributed by atoms with E-state index in [1.54, 1.807) is 12.4 Å². The largest absolute Gasteiger partial charge is 0.416 e. The number of hydrogen-bond donors (Lipinski definition) is 1. The minimum atomic E-state index is -4.55. The van der Waals surface area contributed by atoms with E-state index < -0.39 is 23.1 Å². The van der Waals surface area contributed by atoms with Gasteiger partial charge in [0.2, 0.25) is 0 Å². The van der Waals surface area contributed by atoms with Gasteiger partial charge in [-0.3, -0.25) is 9.69 Å². The zero-order valence-electron chi connectivity index (χ0n) is 20.1. The summed E-state index contributed by atoms with van der Waals surface area (Å²) < 4.78 is 48.6. The summed E-state index contributed by atoms with van der Waals surface area (Å²) in [5.74, 6) is 1.18. The smallest absolute Gasteiger partial charge is 0.379 e. The average Bonchev–Trinajstić information content (AvgIpc) is 3.57. The van der Waals surface area contributed by atoms with E-state index in [0.29, 0.717) is 31.3 Å². The highest BCUT2D eigenvalue weighted by Gasteiger charge is 2.44. The Balaban J connectivity index is 1.40. The van der Waals surface area contributed by atoms with E-state index in [4.69, 9.17) is 9.72 Å². The number of hydrogen-bond acceptors (Lipinski definition) is 6. The number of ether oxygens (including phenoxy) is 1. The van der Waals surface area contributed by atoms with Gasteiger partial charge in [0.1, 0.15) is 23.8 Å². The number of alkyl halides is 3. The lowest BCUT2D eigenvalue weighted by Gasteiger charge is -2.42. The second-order valence-electron chi connectivity index (χ2n) is 9.91. The van der Waals surface area contributed by atoms with Crippen molar-refractivity contribution in [2.24, 2.45) is 7.05 Å². The Hall–Kier alpha value is -3.73. The predicted molar refractivity (Wildman–Crippen MR) is 129 cm³/mol. The lowest BCUT2D eigenvalue weighted by atomic mass is 9.75. The maximum atomic E-state index is 13.7. The van der Waals surface area contributed by atoms with Crippen molar-refractivity contribution in [1.29, 1.82) is 0 Å². The lowest BCUT2D eigenvalue weighted by molar-refractivity contribution is -0.138. The molecule has 1 saturated heterocycles. The number of amides is 1. The molecule has 11 heteroatoms. The van der Waals surface area contributed by atoms with Crippen molar-refractivity contribution in [1.82, 2.24) is 19.7 Å². The van der Waals surface area contributed by atoms with Crippen LogP contribution in [0, 0.1) is 0 Å². The molecule has 0 atom stereocenters. The summed E-state index contributed by atoms with van der Waals surface area (Å²) >= 11 is 0. The molecule has 192 valence electrons. The van der Waals surface area contributed by atoms with Gasteiger partial charge < -0.3 is 14.6 Å². The highest BCUT2D eigenvalue weighted by atomic mass is 19.4. The molecular formula is C26H25F3N6O2. The van der Waals surface area contributed by atoms with Crippen LogP contribution in [0.3, 0.4) is 0 Å². The highest BCUT2D eigenvalue weighted by Crippen LogP contribution is 2.41. The third-order valence-corrected chi connectivity index (χ3v) is 7.39. The Bertz CT molecular complexity index is 1390. The van der Waals surface area contributed by atoms with Crippen LogP contribution in [0.2, 0.25) is 0 Å². The van der Waals surface area contributed by atoms with Gasteiger partial charge >= 0.3 is 6.18 Å². The summed E-state index contributed by atoms with van der Waals surface area (Å²) in [6, 6.07) is 7.64. The number of carbonyl (C=O) groups excluding carboxylic acids is 1. The van der Waals surface area contributed by atoms with Gasteiger partial charge in [-0.1, -0.05) is 18.2 Å². The number of nitrogens with one attached hydrogen (secondary N) is 1. The summed E-state index contributed by atoms with van der Waals surface area (Å²) in [6.45, 7) is 0.692. The van der Waals surface area contributed by atoms with Gasteiger partial charge in [0.15, 0.2) is 0 Å². The Labute approximate surface area is 211 Å². The van der Waals surface area contributed by atoms with Crippen LogP contribution in [0.1, 0.15) is 45.7 Å². The molecule has 2 aromatic heterocycles. The Morgan fingerprint density at radius 1 is 1.19 bits per heavy atom. The zero-order chi connectivity index (χ0) is 25.8. The molecule has 0 saturated carbocycles. The molecular weight excluding hydrogens is 485 g/mol. The second kappa shape index (κ2) is 8.69. The summed E-state index contributed by atoms with van der Waals surface area (Å²) in [5.41, 5.74) is -0.298. The molecule has 1 fully saturated rings. The van der Waals surface area contributed by atoms with E-state index in [2.05, 4.69) is 27.7 Å². The molecule has 6 rings (SSSR count). The van der Waals surface area contributed by atoms with Crippen molar-refractivity contribution in [3.05, 3.63) is 76.9 Å². The van der Waals surface area contributed by atoms with Crippen molar-refractivity contribution in [2.75, 3.05) is 23.4 Å². The molecule has 8 nitrogen and oxygen atoms in total. The third kappa shape index (κ3) is 4.16. The Kier molecular flexibility index (Phi) is 5.55. The lowest BCUT2D eigenvalue weighted by Crippen LogP contribution is -2.49. The minimum absolute atomic E-state index is 0.0255. The number of nitrogens with zero attached hydrogens (tertiary/aromatic N) is 5. The number of anilines is 2. The molecule has 37 heavy (non-hydrogen) atoms. The molecule has 1 aromatic carbocycles. The van der Waals surface area contributed by atoms with E-state index in [1.165, 1.54) is 17.0 Å². The number of benzene rings is 1. The summed E-state index contributed by atoms with van der Waals surface area (Å²) in [5, 5.41) is 11.7. The van der Waals surface area contributed by atoms with Crippen LogP contribution in [-0.4, -0.2) is 44.9 Å². The predicted octanol–water partition coefficient (Wildman–Crippen LogP) is 4.03. The SMILES string of the molecule is Cn1cnnc1CC1(c2cc(NC3CC=CC3)nc(N3Cc4c(cccc4C(F)(F)F)C3=O)c2)COC1. The fourth-order valence-corrected chi connectivity index (χ4v) is 5.25. The van der Waals surface area contributed by atoms with Gasteiger partial charge in [-0.05, 0) is 48.2 Å². The van der Waals surface area contributed by atoms with Gasteiger partial charge in [0.05, 0.1) is 25.3 Å².